The molecule has 22 heavy (non-hydrogen) atoms. The number of esters is 1. The van der Waals surface area contributed by atoms with E-state index < -0.39 is 0 Å². The summed E-state index contributed by atoms with van der Waals surface area (Å²) in [6.45, 7) is 0. The molecule has 0 aliphatic carbocycles. The number of nitrogens with zero attached hydrogens (tertiary/aromatic N) is 3. The van der Waals surface area contributed by atoms with Crippen LogP contribution in [0, 0.1) is 3.57 Å². The number of methoxy groups -OCH3 is 1. The highest BCUT2D eigenvalue weighted by molar-refractivity contribution is 14.1. The maximum Gasteiger partial charge on any atom is 0.337 e. The van der Waals surface area contributed by atoms with Crippen LogP contribution in [0.4, 0.5) is 0 Å². The van der Waals surface area contributed by atoms with Crippen LogP contribution in [0.25, 0.3) is 16.9 Å². The van der Waals surface area contributed by atoms with Crippen molar-refractivity contribution in [3.8, 4) is 16.9 Å². The second-order valence-electron chi connectivity index (χ2n) is 4.57. The SMILES string of the molecule is COC(=O)c1ccc(-n2cc(-c3ccccc3)nn2)c(I)c1. The number of rotatable bonds is 3. The predicted octanol–water partition coefficient (Wildman–Crippen LogP) is 3.33. The third-order valence-electron chi connectivity index (χ3n) is 3.18. The molecule has 3 rings (SSSR count). The van der Waals surface area contributed by atoms with Crippen molar-refractivity contribution in [2.24, 2.45) is 0 Å². The van der Waals surface area contributed by atoms with E-state index in [1.165, 1.54) is 7.11 Å². The molecule has 1 heterocycles. The number of hydrogen-bond acceptors (Lipinski definition) is 4. The van der Waals surface area contributed by atoms with E-state index in [-0.39, 0.29) is 5.97 Å². The zero-order valence-electron chi connectivity index (χ0n) is 11.7. The van der Waals surface area contributed by atoms with Crippen LogP contribution in [-0.2, 0) is 4.74 Å². The first-order chi connectivity index (χ1) is 10.7. The molecule has 3 aromatic rings. The van der Waals surface area contributed by atoms with Gasteiger partial charge >= 0.3 is 5.97 Å². The summed E-state index contributed by atoms with van der Waals surface area (Å²) in [5.74, 6) is -0.354. The maximum atomic E-state index is 11.5. The summed E-state index contributed by atoms with van der Waals surface area (Å²) < 4.78 is 7.31. The van der Waals surface area contributed by atoms with Crippen LogP contribution in [0.5, 0.6) is 0 Å². The topological polar surface area (TPSA) is 57.0 Å². The van der Waals surface area contributed by atoms with E-state index in [0.29, 0.717) is 5.56 Å². The molecule has 0 saturated heterocycles. The molecule has 0 aliphatic rings. The van der Waals surface area contributed by atoms with Gasteiger partial charge in [0.2, 0.25) is 0 Å². The lowest BCUT2D eigenvalue weighted by atomic mass is 10.2. The third kappa shape index (κ3) is 2.87. The Labute approximate surface area is 141 Å². The number of carbonyl (C=O) groups is 1. The molecule has 0 unspecified atom stereocenters. The summed E-state index contributed by atoms with van der Waals surface area (Å²) >= 11 is 2.17. The third-order valence-corrected chi connectivity index (χ3v) is 4.04. The fraction of sp³-hybridized carbons (Fsp3) is 0.0625. The molecule has 0 spiro atoms. The van der Waals surface area contributed by atoms with Crippen molar-refractivity contribution in [1.29, 1.82) is 0 Å². The monoisotopic (exact) mass is 405 g/mol. The van der Waals surface area contributed by atoms with Crippen molar-refractivity contribution in [3.63, 3.8) is 0 Å². The van der Waals surface area contributed by atoms with Crippen LogP contribution in [0.15, 0.2) is 54.7 Å². The molecule has 0 N–H and O–H groups in total. The zero-order valence-corrected chi connectivity index (χ0v) is 13.9. The molecular weight excluding hydrogens is 393 g/mol. The van der Waals surface area contributed by atoms with Gasteiger partial charge in [0.1, 0.15) is 5.69 Å². The van der Waals surface area contributed by atoms with Gasteiger partial charge in [0, 0.05) is 9.13 Å². The van der Waals surface area contributed by atoms with Gasteiger partial charge in [-0.1, -0.05) is 35.5 Å². The first kappa shape index (κ1) is 14.7. The van der Waals surface area contributed by atoms with Crippen molar-refractivity contribution in [1.82, 2.24) is 15.0 Å². The molecular formula is C16H12IN3O2. The van der Waals surface area contributed by atoms with E-state index in [1.54, 1.807) is 16.8 Å². The zero-order chi connectivity index (χ0) is 15.5. The van der Waals surface area contributed by atoms with E-state index in [4.69, 9.17) is 4.74 Å². The summed E-state index contributed by atoms with van der Waals surface area (Å²) in [7, 11) is 1.37. The van der Waals surface area contributed by atoms with Gasteiger partial charge in [0.15, 0.2) is 0 Å². The fourth-order valence-electron chi connectivity index (χ4n) is 2.06. The highest BCUT2D eigenvalue weighted by Gasteiger charge is 2.11. The van der Waals surface area contributed by atoms with Crippen molar-refractivity contribution in [2.75, 3.05) is 7.11 Å². The van der Waals surface area contributed by atoms with Crippen molar-refractivity contribution in [2.45, 2.75) is 0 Å². The normalized spacial score (nSPS) is 10.5. The highest BCUT2D eigenvalue weighted by atomic mass is 127. The van der Waals surface area contributed by atoms with Crippen LogP contribution in [0.2, 0.25) is 0 Å². The van der Waals surface area contributed by atoms with Gasteiger partial charge in [-0.3, -0.25) is 0 Å². The first-order valence-electron chi connectivity index (χ1n) is 6.55. The molecule has 0 fully saturated rings. The lowest BCUT2D eigenvalue weighted by molar-refractivity contribution is 0.0600. The quantitative estimate of drug-likeness (QED) is 0.496. The van der Waals surface area contributed by atoms with Crippen LogP contribution in [0.1, 0.15) is 10.4 Å². The van der Waals surface area contributed by atoms with Crippen molar-refractivity contribution >= 4 is 28.6 Å². The average molecular weight is 405 g/mol. The Kier molecular flexibility index (Phi) is 4.19. The van der Waals surface area contributed by atoms with Gasteiger partial charge in [-0.15, -0.1) is 5.10 Å². The molecule has 0 radical (unpaired) electrons. The van der Waals surface area contributed by atoms with Gasteiger partial charge in [0.25, 0.3) is 0 Å². The summed E-state index contributed by atoms with van der Waals surface area (Å²) in [5.41, 5.74) is 3.19. The van der Waals surface area contributed by atoms with Crippen LogP contribution in [0.3, 0.4) is 0 Å². The number of carbonyl (C=O) groups excluding carboxylic acids is 1. The van der Waals surface area contributed by atoms with Crippen LogP contribution >= 0.6 is 22.6 Å². The standard InChI is InChI=1S/C16H12IN3O2/c1-22-16(21)12-7-8-15(13(17)9-12)20-10-14(18-19-20)11-5-3-2-4-6-11/h2-10H,1H3. The molecule has 110 valence electrons. The van der Waals surface area contributed by atoms with Gasteiger partial charge < -0.3 is 4.74 Å². The summed E-state index contributed by atoms with van der Waals surface area (Å²) in [4.78, 5) is 11.5. The Bertz CT molecular complexity index is 815. The summed E-state index contributed by atoms with van der Waals surface area (Å²) in [6, 6.07) is 15.2. The minimum absolute atomic E-state index is 0.354. The molecule has 0 amide bonds. The minimum atomic E-state index is -0.354. The predicted molar refractivity (Wildman–Crippen MR) is 90.9 cm³/mol. The van der Waals surface area contributed by atoms with Gasteiger partial charge in [0.05, 0.1) is 24.6 Å². The first-order valence-corrected chi connectivity index (χ1v) is 7.63. The number of ether oxygens (including phenoxy) is 1. The number of aromatic nitrogens is 3. The molecule has 1 aromatic heterocycles. The Hall–Kier alpha value is -2.22. The van der Waals surface area contributed by atoms with Crippen LogP contribution in [-0.4, -0.2) is 28.1 Å². The molecule has 0 saturated carbocycles. The Morgan fingerprint density at radius 2 is 1.95 bits per heavy atom. The molecule has 0 aliphatic heterocycles. The van der Waals surface area contributed by atoms with E-state index in [2.05, 4.69) is 32.9 Å². The summed E-state index contributed by atoms with van der Waals surface area (Å²) in [5, 5.41) is 8.36. The van der Waals surface area contributed by atoms with Gasteiger partial charge in [-0.05, 0) is 40.8 Å². The summed E-state index contributed by atoms with van der Waals surface area (Å²) in [6.07, 6.45) is 1.87. The Balaban J connectivity index is 1.95. The fourth-order valence-corrected chi connectivity index (χ4v) is 2.82. The lowest BCUT2D eigenvalue weighted by Gasteiger charge is -2.05. The van der Waals surface area contributed by atoms with E-state index in [0.717, 1.165) is 20.5 Å². The van der Waals surface area contributed by atoms with Crippen LogP contribution < -0.4 is 0 Å². The molecule has 5 nitrogen and oxygen atoms in total. The second-order valence-corrected chi connectivity index (χ2v) is 5.73. The molecule has 0 atom stereocenters. The van der Waals surface area contributed by atoms with Gasteiger partial charge in [-0.25, -0.2) is 9.48 Å². The molecule has 0 bridgehead atoms. The number of benzene rings is 2. The average Bonchev–Trinajstić information content (AvgIpc) is 3.04. The van der Waals surface area contributed by atoms with E-state index in [9.17, 15) is 4.79 Å². The Morgan fingerprint density at radius 1 is 1.18 bits per heavy atom. The minimum Gasteiger partial charge on any atom is -0.465 e. The van der Waals surface area contributed by atoms with Crippen molar-refractivity contribution < 1.29 is 9.53 Å². The smallest absolute Gasteiger partial charge is 0.337 e. The second kappa shape index (κ2) is 6.27. The number of halogens is 1. The van der Waals surface area contributed by atoms with E-state index >= 15 is 0 Å². The number of hydrogen-bond donors (Lipinski definition) is 0. The van der Waals surface area contributed by atoms with Gasteiger partial charge in [-0.2, -0.15) is 0 Å². The molecule has 6 heteroatoms. The highest BCUT2D eigenvalue weighted by Crippen LogP contribution is 2.21. The largest absolute Gasteiger partial charge is 0.465 e. The maximum absolute atomic E-state index is 11.5. The lowest BCUT2D eigenvalue weighted by Crippen LogP contribution is -2.04. The van der Waals surface area contributed by atoms with Crippen molar-refractivity contribution in [3.05, 3.63) is 63.9 Å². The van der Waals surface area contributed by atoms with E-state index in [1.807, 2.05) is 42.6 Å². The molecule has 2 aromatic carbocycles. The Morgan fingerprint density at radius 3 is 2.64 bits per heavy atom.